The number of benzene rings is 2. The van der Waals surface area contributed by atoms with Crippen LogP contribution in [0.4, 0.5) is 0 Å². The summed E-state index contributed by atoms with van der Waals surface area (Å²) in [5.41, 5.74) is 0.590. The van der Waals surface area contributed by atoms with Gasteiger partial charge >= 0.3 is 5.97 Å². The predicted octanol–water partition coefficient (Wildman–Crippen LogP) is 5.89. The van der Waals surface area contributed by atoms with Crippen molar-refractivity contribution in [3.63, 3.8) is 0 Å². The first-order chi connectivity index (χ1) is 14.7. The molecule has 32 heavy (non-hydrogen) atoms. The van der Waals surface area contributed by atoms with Crippen molar-refractivity contribution in [1.29, 1.82) is 0 Å². The molecule has 0 radical (unpaired) electrons. The monoisotopic (exact) mass is 455 g/mol. The molecule has 5 nitrogen and oxygen atoms in total. The molecule has 2 rings (SSSR count). The van der Waals surface area contributed by atoms with Crippen molar-refractivity contribution in [1.82, 2.24) is 5.32 Å². The van der Waals surface area contributed by atoms with Gasteiger partial charge in [0.05, 0.1) is 0 Å². The Morgan fingerprint density at radius 1 is 0.844 bits per heavy atom. The Balaban J connectivity index is 2.52. The van der Waals surface area contributed by atoms with Gasteiger partial charge in [0.2, 0.25) is 0 Å². The minimum atomic E-state index is -2.31. The van der Waals surface area contributed by atoms with Gasteiger partial charge in [0.1, 0.15) is 11.7 Å². The third-order valence-electron chi connectivity index (χ3n) is 5.64. The lowest BCUT2D eigenvalue weighted by molar-refractivity contribution is -0.160. The van der Waals surface area contributed by atoms with Crippen LogP contribution in [0.2, 0.25) is 18.1 Å². The molecule has 0 aromatic heterocycles. The van der Waals surface area contributed by atoms with Crippen LogP contribution in [0.1, 0.15) is 63.6 Å². The maximum absolute atomic E-state index is 13.4. The zero-order valence-electron chi connectivity index (χ0n) is 20.6. The van der Waals surface area contributed by atoms with E-state index in [0.717, 1.165) is 5.56 Å². The summed E-state index contributed by atoms with van der Waals surface area (Å²) >= 11 is 0. The van der Waals surface area contributed by atoms with Crippen LogP contribution in [0.15, 0.2) is 60.7 Å². The molecule has 0 aliphatic heterocycles. The SMILES string of the molecule is CC(C)(C)OC(=O)[C@H](NC(=O)c1ccccc1)[C@@H](O[Si](C)(C)C(C)(C)C)c1ccccc1. The first-order valence-corrected chi connectivity index (χ1v) is 13.9. The van der Waals surface area contributed by atoms with Crippen molar-refractivity contribution in [3.8, 4) is 0 Å². The Kier molecular flexibility index (Phi) is 8.07. The Bertz CT molecular complexity index is 899. The second-order valence-corrected chi connectivity index (χ2v) is 15.3. The first kappa shape index (κ1) is 25.8. The second kappa shape index (κ2) is 10.0. The van der Waals surface area contributed by atoms with Crippen molar-refractivity contribution >= 4 is 20.2 Å². The molecule has 0 saturated carbocycles. The topological polar surface area (TPSA) is 64.6 Å². The molecule has 0 spiro atoms. The summed E-state index contributed by atoms with van der Waals surface area (Å²) in [6.07, 6.45) is -0.681. The zero-order valence-corrected chi connectivity index (χ0v) is 21.6. The van der Waals surface area contributed by atoms with Crippen LogP contribution < -0.4 is 5.32 Å². The molecule has 0 heterocycles. The molecule has 1 N–H and O–H groups in total. The van der Waals surface area contributed by atoms with E-state index in [-0.39, 0.29) is 10.9 Å². The molecule has 174 valence electrons. The molecule has 2 atom stereocenters. The Morgan fingerprint density at radius 3 is 1.81 bits per heavy atom. The van der Waals surface area contributed by atoms with Crippen molar-refractivity contribution in [2.24, 2.45) is 0 Å². The van der Waals surface area contributed by atoms with Gasteiger partial charge < -0.3 is 14.5 Å². The summed E-state index contributed by atoms with van der Waals surface area (Å²) in [5.74, 6) is -0.865. The van der Waals surface area contributed by atoms with Crippen molar-refractivity contribution in [2.75, 3.05) is 0 Å². The zero-order chi connectivity index (χ0) is 24.2. The van der Waals surface area contributed by atoms with Crippen LogP contribution in [0.25, 0.3) is 0 Å². The Hall–Kier alpha value is -2.44. The fourth-order valence-corrected chi connectivity index (χ4v) is 4.16. The molecule has 0 aliphatic carbocycles. The van der Waals surface area contributed by atoms with Crippen molar-refractivity contribution in [2.45, 2.75) is 77.4 Å². The summed E-state index contributed by atoms with van der Waals surface area (Å²) in [7, 11) is -2.31. The van der Waals surface area contributed by atoms with Crippen molar-refractivity contribution in [3.05, 3.63) is 71.8 Å². The number of hydrogen-bond acceptors (Lipinski definition) is 4. The third-order valence-corrected chi connectivity index (χ3v) is 10.1. The molecule has 0 bridgehead atoms. The molecular weight excluding hydrogens is 418 g/mol. The highest BCUT2D eigenvalue weighted by atomic mass is 28.4. The van der Waals surface area contributed by atoms with Gasteiger partial charge in [0.15, 0.2) is 14.4 Å². The number of esters is 1. The normalized spacial score (nSPS) is 14.4. The fraction of sp³-hybridized carbons (Fsp3) is 0.462. The number of rotatable bonds is 7. The maximum Gasteiger partial charge on any atom is 0.332 e. The van der Waals surface area contributed by atoms with Gasteiger partial charge in [0.25, 0.3) is 5.91 Å². The number of ether oxygens (including phenoxy) is 1. The predicted molar refractivity (Wildman–Crippen MR) is 131 cm³/mol. The summed E-state index contributed by atoms with van der Waals surface area (Å²) in [4.78, 5) is 26.4. The average Bonchev–Trinajstić information content (AvgIpc) is 2.69. The highest BCUT2D eigenvalue weighted by molar-refractivity contribution is 6.74. The standard InChI is InChI=1S/C26H37NO4Si/c1-25(2,3)30-24(29)21(27-23(28)20-17-13-10-14-18-20)22(19-15-11-9-12-16-19)31-32(7,8)26(4,5)6/h9-18,21-22H,1-8H3,(H,27,28)/t21-,22+/m1/s1. The van der Waals surface area contributed by atoms with Gasteiger partial charge in [-0.05, 0) is 56.6 Å². The molecule has 6 heteroatoms. The van der Waals surface area contributed by atoms with E-state index < -0.39 is 32.0 Å². The van der Waals surface area contributed by atoms with Gasteiger partial charge in [-0.15, -0.1) is 0 Å². The van der Waals surface area contributed by atoms with Crippen LogP contribution in [0.3, 0.4) is 0 Å². The van der Waals surface area contributed by atoms with Crippen LogP contribution in [0.5, 0.6) is 0 Å². The van der Waals surface area contributed by atoms with Gasteiger partial charge in [-0.3, -0.25) is 4.79 Å². The molecule has 2 aromatic rings. The van der Waals surface area contributed by atoms with Crippen molar-refractivity contribution < 1.29 is 18.8 Å². The van der Waals surface area contributed by atoms with Gasteiger partial charge in [0, 0.05) is 5.56 Å². The van der Waals surface area contributed by atoms with Gasteiger partial charge in [-0.1, -0.05) is 69.3 Å². The lowest BCUT2D eigenvalue weighted by Crippen LogP contribution is -2.52. The number of hydrogen-bond donors (Lipinski definition) is 1. The highest BCUT2D eigenvalue weighted by Crippen LogP contribution is 2.41. The lowest BCUT2D eigenvalue weighted by Gasteiger charge is -2.41. The minimum absolute atomic E-state index is 0.0814. The summed E-state index contributed by atoms with van der Waals surface area (Å²) in [6.45, 7) is 16.1. The van der Waals surface area contributed by atoms with Gasteiger partial charge in [-0.25, -0.2) is 4.79 Å². The molecule has 0 fully saturated rings. The fourth-order valence-electron chi connectivity index (χ4n) is 2.90. The summed E-state index contributed by atoms with van der Waals surface area (Å²) < 4.78 is 12.5. The van der Waals surface area contributed by atoms with Crippen LogP contribution >= 0.6 is 0 Å². The number of carbonyl (C=O) groups is 2. The molecular formula is C26H37NO4Si. The minimum Gasteiger partial charge on any atom is -0.458 e. The first-order valence-electron chi connectivity index (χ1n) is 11.0. The summed E-state index contributed by atoms with van der Waals surface area (Å²) in [6, 6.07) is 17.4. The van der Waals surface area contributed by atoms with E-state index in [2.05, 4.69) is 39.2 Å². The van der Waals surface area contributed by atoms with E-state index in [0.29, 0.717) is 5.56 Å². The van der Waals surface area contributed by atoms with Crippen LogP contribution in [-0.4, -0.2) is 31.8 Å². The molecule has 0 saturated heterocycles. The highest BCUT2D eigenvalue weighted by Gasteiger charge is 2.44. The van der Waals surface area contributed by atoms with Crippen LogP contribution in [-0.2, 0) is 14.0 Å². The van der Waals surface area contributed by atoms with E-state index >= 15 is 0 Å². The second-order valence-electron chi connectivity index (χ2n) is 10.6. The molecule has 1 amide bonds. The van der Waals surface area contributed by atoms with E-state index in [9.17, 15) is 9.59 Å². The number of amides is 1. The lowest BCUT2D eigenvalue weighted by atomic mass is 10.0. The van der Waals surface area contributed by atoms with Crippen LogP contribution in [0, 0.1) is 0 Å². The molecule has 2 aromatic carbocycles. The van der Waals surface area contributed by atoms with E-state index in [1.165, 1.54) is 0 Å². The third kappa shape index (κ3) is 7.04. The average molecular weight is 456 g/mol. The number of nitrogens with one attached hydrogen (secondary N) is 1. The Morgan fingerprint density at radius 2 is 1.34 bits per heavy atom. The van der Waals surface area contributed by atoms with E-state index in [1.807, 2.05) is 57.2 Å². The van der Waals surface area contributed by atoms with Gasteiger partial charge in [-0.2, -0.15) is 0 Å². The maximum atomic E-state index is 13.4. The van der Waals surface area contributed by atoms with E-state index in [1.54, 1.807) is 24.3 Å². The Labute approximate surface area is 193 Å². The number of carbonyl (C=O) groups excluding carboxylic acids is 2. The molecule has 0 unspecified atom stereocenters. The molecule has 0 aliphatic rings. The smallest absolute Gasteiger partial charge is 0.332 e. The quantitative estimate of drug-likeness (QED) is 0.418. The summed E-state index contributed by atoms with van der Waals surface area (Å²) in [5, 5.41) is 2.83. The van der Waals surface area contributed by atoms with E-state index in [4.69, 9.17) is 9.16 Å². The largest absolute Gasteiger partial charge is 0.458 e.